The molecule has 0 amide bonds. The van der Waals surface area contributed by atoms with Crippen LogP contribution in [0.25, 0.3) is 0 Å². The van der Waals surface area contributed by atoms with Gasteiger partial charge in [-0.3, -0.25) is 0 Å². The molecule has 0 saturated heterocycles. The van der Waals surface area contributed by atoms with Gasteiger partial charge in [0, 0.05) is 24.8 Å². The van der Waals surface area contributed by atoms with Crippen molar-refractivity contribution in [3.63, 3.8) is 0 Å². The van der Waals surface area contributed by atoms with E-state index in [9.17, 15) is 0 Å². The van der Waals surface area contributed by atoms with Gasteiger partial charge < -0.3 is 4.90 Å². The molecule has 1 aliphatic rings. The van der Waals surface area contributed by atoms with E-state index < -0.39 is 0 Å². The quantitative estimate of drug-likeness (QED) is 0.362. The van der Waals surface area contributed by atoms with E-state index >= 15 is 0 Å². The molecular weight excluding hydrogens is 400 g/mol. The second kappa shape index (κ2) is 15.1. The predicted octanol–water partition coefficient (Wildman–Crippen LogP) is 7.37. The molecule has 0 aliphatic heterocycles. The molecule has 2 aromatic rings. The molecular formula is C28H39ClN2. The van der Waals surface area contributed by atoms with Crippen molar-refractivity contribution in [1.82, 2.24) is 4.90 Å². The summed E-state index contributed by atoms with van der Waals surface area (Å²) in [5.41, 5.74) is 4.35. The molecule has 1 aliphatic carbocycles. The van der Waals surface area contributed by atoms with E-state index in [1.165, 1.54) is 81.6 Å². The van der Waals surface area contributed by atoms with Gasteiger partial charge in [-0.1, -0.05) is 74.4 Å². The first-order valence-electron chi connectivity index (χ1n) is 12.0. The standard InChI is InChI=1S/C26H36ClN.C2H3N/c1-2-19-28(21-18-22-9-4-3-5-10-22)20-8-11-23-14-16-24(17-15-23)25-12-6-7-13-26(25)27;1-2-3/h3-5,9-10,14-17,25-26H,2,6-8,11-13,18-21H2,1H3;1H3. The molecule has 2 aromatic carbocycles. The molecule has 0 heterocycles. The van der Waals surface area contributed by atoms with Gasteiger partial charge in [-0.25, -0.2) is 0 Å². The average Bonchev–Trinajstić information content (AvgIpc) is 2.80. The first-order valence-corrected chi connectivity index (χ1v) is 12.4. The minimum Gasteiger partial charge on any atom is -0.303 e. The van der Waals surface area contributed by atoms with Crippen LogP contribution >= 0.6 is 11.6 Å². The van der Waals surface area contributed by atoms with Gasteiger partial charge in [-0.2, -0.15) is 5.26 Å². The molecule has 2 unspecified atom stereocenters. The van der Waals surface area contributed by atoms with Crippen LogP contribution in [0.15, 0.2) is 54.6 Å². The highest BCUT2D eigenvalue weighted by molar-refractivity contribution is 6.21. The van der Waals surface area contributed by atoms with E-state index in [2.05, 4.69) is 66.4 Å². The Hall–Kier alpha value is -1.82. The van der Waals surface area contributed by atoms with Crippen LogP contribution in [0.1, 0.15) is 75.0 Å². The Morgan fingerprint density at radius 3 is 2.19 bits per heavy atom. The molecule has 1 saturated carbocycles. The SMILES string of the molecule is CC#N.CCCN(CCCc1ccc(C2CCCCC2Cl)cc1)CCc1ccccc1. The fraction of sp³-hybridized carbons (Fsp3) is 0.536. The zero-order chi connectivity index (χ0) is 22.3. The number of benzene rings is 2. The minimum absolute atomic E-state index is 0.326. The third-order valence-corrected chi connectivity index (χ3v) is 6.65. The Kier molecular flexibility index (Phi) is 12.4. The van der Waals surface area contributed by atoms with Crippen molar-refractivity contribution in [2.24, 2.45) is 0 Å². The maximum absolute atomic E-state index is 7.32. The van der Waals surface area contributed by atoms with Gasteiger partial charge in [0.05, 0.1) is 6.07 Å². The summed E-state index contributed by atoms with van der Waals surface area (Å²) < 4.78 is 0. The lowest BCUT2D eigenvalue weighted by Crippen LogP contribution is -2.28. The van der Waals surface area contributed by atoms with Gasteiger partial charge in [0.2, 0.25) is 0 Å². The Morgan fingerprint density at radius 2 is 1.55 bits per heavy atom. The van der Waals surface area contributed by atoms with E-state index in [1.807, 2.05) is 0 Å². The fourth-order valence-corrected chi connectivity index (χ4v) is 4.91. The van der Waals surface area contributed by atoms with Crippen LogP contribution in [0.3, 0.4) is 0 Å². The second-order valence-corrected chi connectivity index (χ2v) is 9.11. The summed E-state index contributed by atoms with van der Waals surface area (Å²) in [7, 11) is 0. The molecule has 0 spiro atoms. The highest BCUT2D eigenvalue weighted by atomic mass is 35.5. The van der Waals surface area contributed by atoms with Crippen molar-refractivity contribution in [3.05, 3.63) is 71.3 Å². The van der Waals surface area contributed by atoms with E-state index in [0.29, 0.717) is 11.3 Å². The van der Waals surface area contributed by atoms with Gasteiger partial charge >= 0.3 is 0 Å². The van der Waals surface area contributed by atoms with Gasteiger partial charge in [-0.05, 0) is 68.3 Å². The smallest absolute Gasteiger partial charge is 0.0587 e. The number of hydrogen-bond acceptors (Lipinski definition) is 2. The predicted molar refractivity (Wildman–Crippen MR) is 134 cm³/mol. The normalized spacial score (nSPS) is 18.2. The molecule has 0 aromatic heterocycles. The van der Waals surface area contributed by atoms with Crippen LogP contribution in [0, 0.1) is 11.3 Å². The molecule has 31 heavy (non-hydrogen) atoms. The maximum atomic E-state index is 7.32. The Morgan fingerprint density at radius 1 is 0.903 bits per heavy atom. The molecule has 3 heteroatoms. The van der Waals surface area contributed by atoms with Crippen LogP contribution in [-0.4, -0.2) is 29.9 Å². The summed E-state index contributed by atoms with van der Waals surface area (Å²) >= 11 is 6.57. The third kappa shape index (κ3) is 9.46. The lowest BCUT2D eigenvalue weighted by Gasteiger charge is -2.27. The van der Waals surface area contributed by atoms with Crippen molar-refractivity contribution in [3.8, 4) is 6.07 Å². The van der Waals surface area contributed by atoms with E-state index in [1.54, 1.807) is 6.07 Å². The molecule has 168 valence electrons. The Bertz CT molecular complexity index is 751. The van der Waals surface area contributed by atoms with Gasteiger partial charge in [-0.15, -0.1) is 11.6 Å². The van der Waals surface area contributed by atoms with Gasteiger partial charge in [0.1, 0.15) is 0 Å². The maximum Gasteiger partial charge on any atom is 0.0587 e. The number of aryl methyl sites for hydroxylation is 1. The van der Waals surface area contributed by atoms with Crippen LogP contribution in [0.5, 0.6) is 0 Å². The van der Waals surface area contributed by atoms with E-state index in [-0.39, 0.29) is 0 Å². The number of nitrogens with zero attached hydrogens (tertiary/aromatic N) is 2. The van der Waals surface area contributed by atoms with Crippen LogP contribution < -0.4 is 0 Å². The summed E-state index contributed by atoms with van der Waals surface area (Å²) in [5, 5.41) is 7.65. The van der Waals surface area contributed by atoms with Crippen LogP contribution in [0.4, 0.5) is 0 Å². The summed E-state index contributed by atoms with van der Waals surface area (Å²) in [5.74, 6) is 0.558. The zero-order valence-corrected chi connectivity index (χ0v) is 20.2. The molecule has 0 bridgehead atoms. The summed E-state index contributed by atoms with van der Waals surface area (Å²) in [6, 6.07) is 21.9. The van der Waals surface area contributed by atoms with Crippen molar-refractivity contribution < 1.29 is 0 Å². The third-order valence-electron chi connectivity index (χ3n) is 6.13. The molecule has 0 radical (unpaired) electrons. The topological polar surface area (TPSA) is 27.0 Å². The van der Waals surface area contributed by atoms with E-state index in [4.69, 9.17) is 16.9 Å². The van der Waals surface area contributed by atoms with E-state index in [0.717, 1.165) is 13.0 Å². The lowest BCUT2D eigenvalue weighted by molar-refractivity contribution is 0.274. The lowest BCUT2D eigenvalue weighted by atomic mass is 9.83. The van der Waals surface area contributed by atoms with Crippen LogP contribution in [0.2, 0.25) is 0 Å². The largest absolute Gasteiger partial charge is 0.303 e. The van der Waals surface area contributed by atoms with Crippen molar-refractivity contribution >= 4 is 11.6 Å². The van der Waals surface area contributed by atoms with Gasteiger partial charge in [0.25, 0.3) is 0 Å². The highest BCUT2D eigenvalue weighted by Gasteiger charge is 2.24. The first kappa shape index (κ1) is 25.4. The molecule has 1 fully saturated rings. The van der Waals surface area contributed by atoms with Crippen molar-refractivity contribution in [2.45, 2.75) is 76.5 Å². The first-order chi connectivity index (χ1) is 15.2. The number of alkyl halides is 1. The monoisotopic (exact) mass is 438 g/mol. The fourth-order valence-electron chi connectivity index (χ4n) is 4.48. The van der Waals surface area contributed by atoms with Crippen molar-refractivity contribution in [1.29, 1.82) is 5.26 Å². The summed E-state index contributed by atoms with van der Waals surface area (Å²) in [4.78, 5) is 2.63. The second-order valence-electron chi connectivity index (χ2n) is 8.55. The number of rotatable bonds is 10. The number of hydrogen-bond donors (Lipinski definition) is 0. The van der Waals surface area contributed by atoms with Crippen molar-refractivity contribution in [2.75, 3.05) is 19.6 Å². The Labute approximate surface area is 195 Å². The highest BCUT2D eigenvalue weighted by Crippen LogP contribution is 2.36. The Balaban J connectivity index is 0.00000107. The number of halogens is 1. The number of nitriles is 1. The molecule has 0 N–H and O–H groups in total. The average molecular weight is 439 g/mol. The molecule has 2 nitrogen and oxygen atoms in total. The minimum atomic E-state index is 0.326. The molecule has 2 atom stereocenters. The summed E-state index contributed by atoms with van der Waals surface area (Å²) in [6.45, 7) is 7.26. The zero-order valence-electron chi connectivity index (χ0n) is 19.4. The van der Waals surface area contributed by atoms with Gasteiger partial charge in [0.15, 0.2) is 0 Å². The summed E-state index contributed by atoms with van der Waals surface area (Å²) in [6.07, 6.45) is 9.82. The van der Waals surface area contributed by atoms with Crippen LogP contribution in [-0.2, 0) is 12.8 Å². The molecule has 3 rings (SSSR count).